The SMILES string of the molecule is NC(=O)c1ccccc1NC(=O)CNCC1CC1. The summed E-state index contributed by atoms with van der Waals surface area (Å²) in [5, 5.41) is 5.77. The number of nitrogens with one attached hydrogen (secondary N) is 2. The fourth-order valence-electron chi connectivity index (χ4n) is 1.71. The molecule has 0 saturated heterocycles. The summed E-state index contributed by atoms with van der Waals surface area (Å²) in [4.78, 5) is 22.8. The van der Waals surface area contributed by atoms with Crippen LogP contribution >= 0.6 is 0 Å². The lowest BCUT2D eigenvalue weighted by atomic mass is 10.1. The molecule has 2 amide bonds. The van der Waals surface area contributed by atoms with Gasteiger partial charge in [-0.2, -0.15) is 0 Å². The molecule has 0 unspecified atom stereocenters. The second-order valence-corrected chi connectivity index (χ2v) is 4.53. The molecule has 1 fully saturated rings. The minimum Gasteiger partial charge on any atom is -0.366 e. The van der Waals surface area contributed by atoms with Crippen molar-refractivity contribution in [2.75, 3.05) is 18.4 Å². The number of anilines is 1. The van der Waals surface area contributed by atoms with Crippen LogP contribution < -0.4 is 16.4 Å². The molecule has 5 nitrogen and oxygen atoms in total. The van der Waals surface area contributed by atoms with Gasteiger partial charge in [0.15, 0.2) is 0 Å². The number of primary amides is 1. The zero-order chi connectivity index (χ0) is 13.0. The predicted octanol–water partition coefficient (Wildman–Crippen LogP) is 0.724. The number of para-hydroxylation sites is 1. The van der Waals surface area contributed by atoms with Crippen LogP contribution in [0.5, 0.6) is 0 Å². The van der Waals surface area contributed by atoms with Crippen molar-refractivity contribution < 1.29 is 9.59 Å². The lowest BCUT2D eigenvalue weighted by Gasteiger charge is -2.09. The predicted molar refractivity (Wildman–Crippen MR) is 69.2 cm³/mol. The Balaban J connectivity index is 1.87. The molecule has 0 heterocycles. The minimum absolute atomic E-state index is 0.163. The third-order valence-corrected chi connectivity index (χ3v) is 2.88. The summed E-state index contributed by atoms with van der Waals surface area (Å²) in [5.74, 6) is 0.0249. The van der Waals surface area contributed by atoms with E-state index in [-0.39, 0.29) is 12.5 Å². The maximum atomic E-state index is 11.7. The first-order valence-corrected chi connectivity index (χ1v) is 6.06. The molecule has 0 spiro atoms. The molecule has 0 atom stereocenters. The van der Waals surface area contributed by atoms with Gasteiger partial charge in [-0.15, -0.1) is 0 Å². The molecular weight excluding hydrogens is 230 g/mol. The van der Waals surface area contributed by atoms with E-state index in [4.69, 9.17) is 5.73 Å². The molecule has 5 heteroatoms. The standard InChI is InChI=1S/C13H17N3O2/c14-13(18)10-3-1-2-4-11(10)16-12(17)8-15-7-9-5-6-9/h1-4,9,15H,5-8H2,(H2,14,18)(H,16,17). The summed E-state index contributed by atoms with van der Waals surface area (Å²) < 4.78 is 0. The number of carbonyl (C=O) groups excluding carboxylic acids is 2. The van der Waals surface area contributed by atoms with Crippen LogP contribution in [0.1, 0.15) is 23.2 Å². The average molecular weight is 247 g/mol. The fraction of sp³-hybridized carbons (Fsp3) is 0.385. The third-order valence-electron chi connectivity index (χ3n) is 2.88. The molecule has 1 aromatic carbocycles. The summed E-state index contributed by atoms with van der Waals surface area (Å²) >= 11 is 0. The van der Waals surface area contributed by atoms with Crippen molar-refractivity contribution >= 4 is 17.5 Å². The van der Waals surface area contributed by atoms with Gasteiger partial charge in [-0.25, -0.2) is 0 Å². The highest BCUT2D eigenvalue weighted by Crippen LogP contribution is 2.27. The maximum Gasteiger partial charge on any atom is 0.250 e. The van der Waals surface area contributed by atoms with E-state index in [0.29, 0.717) is 11.3 Å². The monoisotopic (exact) mass is 247 g/mol. The van der Waals surface area contributed by atoms with E-state index >= 15 is 0 Å². The van der Waals surface area contributed by atoms with Crippen molar-refractivity contribution in [2.45, 2.75) is 12.8 Å². The summed E-state index contributed by atoms with van der Waals surface area (Å²) in [6.07, 6.45) is 2.50. The highest BCUT2D eigenvalue weighted by atomic mass is 16.2. The zero-order valence-corrected chi connectivity index (χ0v) is 10.1. The second-order valence-electron chi connectivity index (χ2n) is 4.53. The van der Waals surface area contributed by atoms with Crippen molar-refractivity contribution in [3.8, 4) is 0 Å². The molecule has 1 aromatic rings. The molecule has 1 aliphatic rings. The van der Waals surface area contributed by atoms with E-state index in [1.165, 1.54) is 12.8 Å². The van der Waals surface area contributed by atoms with Gasteiger partial charge in [0, 0.05) is 0 Å². The van der Waals surface area contributed by atoms with Gasteiger partial charge in [0.1, 0.15) is 0 Å². The average Bonchev–Trinajstić information content (AvgIpc) is 3.13. The highest BCUT2D eigenvalue weighted by Gasteiger charge is 2.20. The molecular formula is C13H17N3O2. The first-order valence-electron chi connectivity index (χ1n) is 6.06. The second kappa shape index (κ2) is 5.64. The smallest absolute Gasteiger partial charge is 0.250 e. The normalized spacial score (nSPS) is 14.2. The zero-order valence-electron chi connectivity index (χ0n) is 10.1. The van der Waals surface area contributed by atoms with Crippen LogP contribution in [0.25, 0.3) is 0 Å². The van der Waals surface area contributed by atoms with Gasteiger partial charge in [0.25, 0.3) is 5.91 Å². The molecule has 2 rings (SSSR count). The Morgan fingerprint density at radius 1 is 1.28 bits per heavy atom. The molecule has 4 N–H and O–H groups in total. The summed E-state index contributed by atoms with van der Waals surface area (Å²) in [7, 11) is 0. The number of benzene rings is 1. The molecule has 0 aliphatic heterocycles. The summed E-state index contributed by atoms with van der Waals surface area (Å²) in [6, 6.07) is 6.72. The topological polar surface area (TPSA) is 84.2 Å². The first-order chi connectivity index (χ1) is 8.66. The summed E-state index contributed by atoms with van der Waals surface area (Å²) in [6.45, 7) is 1.13. The van der Waals surface area contributed by atoms with Gasteiger partial charge in [-0.05, 0) is 37.4 Å². The quantitative estimate of drug-likeness (QED) is 0.692. The van der Waals surface area contributed by atoms with Crippen LogP contribution in [-0.2, 0) is 4.79 Å². The largest absolute Gasteiger partial charge is 0.366 e. The highest BCUT2D eigenvalue weighted by molar-refractivity contribution is 6.03. The van der Waals surface area contributed by atoms with E-state index in [2.05, 4.69) is 10.6 Å². The number of nitrogens with two attached hydrogens (primary N) is 1. The van der Waals surface area contributed by atoms with Gasteiger partial charge in [0.2, 0.25) is 5.91 Å². The van der Waals surface area contributed by atoms with Crippen molar-refractivity contribution in [3.05, 3.63) is 29.8 Å². The summed E-state index contributed by atoms with van der Waals surface area (Å²) in [5.41, 5.74) is 6.02. The van der Waals surface area contributed by atoms with Crippen molar-refractivity contribution in [3.63, 3.8) is 0 Å². The van der Waals surface area contributed by atoms with Crippen molar-refractivity contribution in [2.24, 2.45) is 11.7 Å². The minimum atomic E-state index is -0.545. The van der Waals surface area contributed by atoms with Crippen molar-refractivity contribution in [1.29, 1.82) is 0 Å². The number of amides is 2. The number of hydrogen-bond acceptors (Lipinski definition) is 3. The van der Waals surface area contributed by atoms with Crippen LogP contribution in [0.4, 0.5) is 5.69 Å². The Hall–Kier alpha value is -1.88. The Morgan fingerprint density at radius 3 is 2.67 bits per heavy atom. The molecule has 96 valence electrons. The van der Waals surface area contributed by atoms with E-state index in [9.17, 15) is 9.59 Å². The Bertz CT molecular complexity index is 455. The lowest BCUT2D eigenvalue weighted by Crippen LogP contribution is -2.30. The maximum absolute atomic E-state index is 11.7. The lowest BCUT2D eigenvalue weighted by molar-refractivity contribution is -0.115. The van der Waals surface area contributed by atoms with E-state index in [0.717, 1.165) is 12.5 Å². The molecule has 0 aromatic heterocycles. The number of hydrogen-bond donors (Lipinski definition) is 3. The molecule has 0 radical (unpaired) electrons. The molecule has 1 aliphatic carbocycles. The number of rotatable bonds is 6. The van der Waals surface area contributed by atoms with E-state index in [1.54, 1.807) is 24.3 Å². The van der Waals surface area contributed by atoms with Crippen LogP contribution in [-0.4, -0.2) is 24.9 Å². The van der Waals surface area contributed by atoms with Gasteiger partial charge < -0.3 is 16.4 Å². The van der Waals surface area contributed by atoms with Gasteiger partial charge >= 0.3 is 0 Å². The first kappa shape index (κ1) is 12.6. The van der Waals surface area contributed by atoms with E-state index < -0.39 is 5.91 Å². The number of carbonyl (C=O) groups is 2. The Morgan fingerprint density at radius 2 is 2.00 bits per heavy atom. The van der Waals surface area contributed by atoms with Crippen LogP contribution in [0, 0.1) is 5.92 Å². The van der Waals surface area contributed by atoms with Crippen LogP contribution in [0.15, 0.2) is 24.3 Å². The van der Waals surface area contributed by atoms with E-state index in [1.807, 2.05) is 0 Å². The molecule has 1 saturated carbocycles. The van der Waals surface area contributed by atoms with Gasteiger partial charge in [-0.1, -0.05) is 12.1 Å². The molecule has 0 bridgehead atoms. The van der Waals surface area contributed by atoms with Gasteiger partial charge in [0.05, 0.1) is 17.8 Å². The van der Waals surface area contributed by atoms with Gasteiger partial charge in [-0.3, -0.25) is 9.59 Å². The fourth-order valence-corrected chi connectivity index (χ4v) is 1.71. The Labute approximate surface area is 106 Å². The Kier molecular flexibility index (Phi) is 3.94. The van der Waals surface area contributed by atoms with Crippen LogP contribution in [0.2, 0.25) is 0 Å². The van der Waals surface area contributed by atoms with Crippen molar-refractivity contribution in [1.82, 2.24) is 5.32 Å². The van der Waals surface area contributed by atoms with Crippen LogP contribution in [0.3, 0.4) is 0 Å². The third kappa shape index (κ3) is 3.56. The molecule has 18 heavy (non-hydrogen) atoms.